The number of ketones is 1. The smallest absolute Gasteiger partial charge is 0.295 e. The van der Waals surface area contributed by atoms with Crippen LogP contribution < -0.4 is 4.74 Å². The van der Waals surface area contributed by atoms with Gasteiger partial charge in [0.05, 0.1) is 11.6 Å². The molecule has 1 aliphatic rings. The van der Waals surface area contributed by atoms with Gasteiger partial charge in [0, 0.05) is 25.8 Å². The molecule has 1 amide bonds. The van der Waals surface area contributed by atoms with Gasteiger partial charge in [0.1, 0.15) is 18.1 Å². The molecule has 1 fully saturated rings. The molecule has 0 aromatic heterocycles. The molecule has 1 unspecified atom stereocenters. The van der Waals surface area contributed by atoms with Crippen molar-refractivity contribution in [2.75, 3.05) is 20.3 Å². The lowest BCUT2D eigenvalue weighted by Gasteiger charge is -2.25. The van der Waals surface area contributed by atoms with Gasteiger partial charge in [-0.3, -0.25) is 9.59 Å². The minimum atomic E-state index is -0.687. The normalized spacial score (nSPS) is 17.2. The number of carbonyl (C=O) groups excluding carboxylic acids is 2. The van der Waals surface area contributed by atoms with Gasteiger partial charge in [-0.15, -0.1) is 0 Å². The van der Waals surface area contributed by atoms with Gasteiger partial charge in [-0.25, -0.2) is 0 Å². The minimum Gasteiger partial charge on any atom is -0.507 e. The van der Waals surface area contributed by atoms with Crippen molar-refractivity contribution in [2.24, 2.45) is 0 Å². The molecular formula is C28H27NO5. The van der Waals surface area contributed by atoms with E-state index in [1.54, 1.807) is 31.4 Å². The van der Waals surface area contributed by atoms with E-state index in [9.17, 15) is 14.7 Å². The average Bonchev–Trinajstić information content (AvgIpc) is 3.14. The van der Waals surface area contributed by atoms with E-state index in [2.05, 4.69) is 0 Å². The summed E-state index contributed by atoms with van der Waals surface area (Å²) in [5.74, 6) is -0.862. The van der Waals surface area contributed by atoms with Crippen LogP contribution in [-0.4, -0.2) is 42.0 Å². The van der Waals surface area contributed by atoms with E-state index in [1.165, 1.54) is 4.90 Å². The van der Waals surface area contributed by atoms with E-state index in [1.807, 2.05) is 60.7 Å². The van der Waals surface area contributed by atoms with Crippen molar-refractivity contribution in [3.05, 3.63) is 107 Å². The van der Waals surface area contributed by atoms with Crippen LogP contribution in [0.3, 0.4) is 0 Å². The molecule has 4 rings (SSSR count). The summed E-state index contributed by atoms with van der Waals surface area (Å²) in [5.41, 5.74) is 2.35. The Balaban J connectivity index is 1.62. The number of amides is 1. The third-order valence-electron chi connectivity index (χ3n) is 5.78. The van der Waals surface area contributed by atoms with Crippen LogP contribution >= 0.6 is 0 Å². The molecule has 6 nitrogen and oxygen atoms in total. The molecule has 3 aromatic carbocycles. The van der Waals surface area contributed by atoms with Crippen molar-refractivity contribution in [3.63, 3.8) is 0 Å². The van der Waals surface area contributed by atoms with Crippen LogP contribution in [0.4, 0.5) is 0 Å². The molecule has 1 saturated heterocycles. The number of aliphatic hydroxyl groups excluding tert-OH is 1. The summed E-state index contributed by atoms with van der Waals surface area (Å²) in [6.07, 6.45) is 0.584. The zero-order chi connectivity index (χ0) is 23.9. The molecule has 1 aliphatic heterocycles. The Kier molecular flexibility index (Phi) is 7.40. The Hall–Kier alpha value is -3.90. The van der Waals surface area contributed by atoms with Crippen LogP contribution in [0, 0.1) is 0 Å². The predicted octanol–water partition coefficient (Wildman–Crippen LogP) is 4.72. The third kappa shape index (κ3) is 5.02. The number of Topliss-reactive ketones (excluding diaryl/α,β-unsaturated/α-hetero) is 1. The van der Waals surface area contributed by atoms with Gasteiger partial charge in [-0.05, 0) is 41.8 Å². The van der Waals surface area contributed by atoms with Gasteiger partial charge >= 0.3 is 0 Å². The zero-order valence-corrected chi connectivity index (χ0v) is 19.0. The molecule has 0 radical (unpaired) electrons. The lowest BCUT2D eigenvalue weighted by atomic mass is 9.95. The monoisotopic (exact) mass is 457 g/mol. The van der Waals surface area contributed by atoms with Crippen molar-refractivity contribution < 1.29 is 24.2 Å². The van der Waals surface area contributed by atoms with Crippen LogP contribution in [0.25, 0.3) is 5.76 Å². The van der Waals surface area contributed by atoms with E-state index in [4.69, 9.17) is 9.47 Å². The van der Waals surface area contributed by atoms with Crippen LogP contribution in [0.15, 0.2) is 90.5 Å². The molecule has 1 atom stereocenters. The van der Waals surface area contributed by atoms with E-state index in [0.29, 0.717) is 37.5 Å². The number of benzene rings is 3. The number of methoxy groups -OCH3 is 1. The average molecular weight is 458 g/mol. The fourth-order valence-electron chi connectivity index (χ4n) is 4.08. The second-order valence-corrected chi connectivity index (χ2v) is 8.05. The first kappa shape index (κ1) is 23.3. The molecule has 0 bridgehead atoms. The summed E-state index contributed by atoms with van der Waals surface area (Å²) in [6.45, 7) is 1.24. The number of nitrogens with zero attached hydrogens (tertiary/aromatic N) is 1. The van der Waals surface area contributed by atoms with Crippen LogP contribution in [0.1, 0.15) is 29.2 Å². The molecule has 1 heterocycles. The minimum absolute atomic E-state index is 0.0894. The van der Waals surface area contributed by atoms with Crippen molar-refractivity contribution in [2.45, 2.75) is 19.1 Å². The topological polar surface area (TPSA) is 76.1 Å². The highest BCUT2D eigenvalue weighted by Gasteiger charge is 2.45. The van der Waals surface area contributed by atoms with Crippen molar-refractivity contribution >= 4 is 17.4 Å². The number of hydrogen-bond acceptors (Lipinski definition) is 5. The predicted molar refractivity (Wildman–Crippen MR) is 129 cm³/mol. The number of ether oxygens (including phenoxy) is 2. The first-order valence-electron chi connectivity index (χ1n) is 11.2. The molecule has 0 aliphatic carbocycles. The van der Waals surface area contributed by atoms with E-state index in [0.717, 1.165) is 11.1 Å². The van der Waals surface area contributed by atoms with Gasteiger partial charge in [-0.1, -0.05) is 60.7 Å². The number of likely N-dealkylation sites (tertiary alicyclic amines) is 1. The summed E-state index contributed by atoms with van der Waals surface area (Å²) >= 11 is 0. The van der Waals surface area contributed by atoms with Gasteiger partial charge in [0.15, 0.2) is 0 Å². The van der Waals surface area contributed by atoms with Crippen molar-refractivity contribution in [1.29, 1.82) is 0 Å². The Morgan fingerprint density at radius 1 is 0.912 bits per heavy atom. The van der Waals surface area contributed by atoms with Gasteiger partial charge in [0.25, 0.3) is 11.7 Å². The quantitative estimate of drug-likeness (QED) is 0.218. The summed E-state index contributed by atoms with van der Waals surface area (Å²) in [5, 5.41) is 11.1. The number of rotatable bonds is 9. The summed E-state index contributed by atoms with van der Waals surface area (Å²) in [6, 6.07) is 25.3. The van der Waals surface area contributed by atoms with E-state index in [-0.39, 0.29) is 11.3 Å². The fourth-order valence-corrected chi connectivity index (χ4v) is 4.08. The van der Waals surface area contributed by atoms with Gasteiger partial charge < -0.3 is 19.5 Å². The first-order valence-corrected chi connectivity index (χ1v) is 11.2. The van der Waals surface area contributed by atoms with E-state index < -0.39 is 17.7 Å². The van der Waals surface area contributed by atoms with Crippen molar-refractivity contribution in [3.8, 4) is 5.75 Å². The Morgan fingerprint density at radius 2 is 1.56 bits per heavy atom. The maximum atomic E-state index is 13.0. The Bertz CT molecular complexity index is 1160. The molecule has 3 aromatic rings. The van der Waals surface area contributed by atoms with E-state index >= 15 is 0 Å². The van der Waals surface area contributed by atoms with Crippen molar-refractivity contribution in [1.82, 2.24) is 4.90 Å². The van der Waals surface area contributed by atoms with Gasteiger partial charge in [-0.2, -0.15) is 0 Å². The maximum absolute atomic E-state index is 13.0. The number of carbonyl (C=O) groups is 2. The highest BCUT2D eigenvalue weighted by Crippen LogP contribution is 2.39. The first-order chi connectivity index (χ1) is 16.6. The molecule has 0 spiro atoms. The SMILES string of the molecule is COCCCN1C(=O)C(=O)/C(=C(/O)c2ccc(OCc3ccccc3)cc2)C1c1ccccc1. The Morgan fingerprint density at radius 3 is 2.21 bits per heavy atom. The number of aliphatic hydroxyl groups is 1. The second kappa shape index (κ2) is 10.8. The molecular weight excluding hydrogens is 430 g/mol. The van der Waals surface area contributed by atoms with Crippen LogP contribution in [0.2, 0.25) is 0 Å². The highest BCUT2D eigenvalue weighted by molar-refractivity contribution is 6.46. The maximum Gasteiger partial charge on any atom is 0.295 e. The fraction of sp³-hybridized carbons (Fsp3) is 0.214. The molecule has 1 N–H and O–H groups in total. The summed E-state index contributed by atoms with van der Waals surface area (Å²) in [7, 11) is 1.59. The summed E-state index contributed by atoms with van der Waals surface area (Å²) < 4.78 is 10.9. The second-order valence-electron chi connectivity index (χ2n) is 8.05. The van der Waals surface area contributed by atoms with Crippen LogP contribution in [0.5, 0.6) is 5.75 Å². The largest absolute Gasteiger partial charge is 0.507 e. The molecule has 174 valence electrons. The Labute approximate surface area is 199 Å². The zero-order valence-electron chi connectivity index (χ0n) is 19.0. The lowest BCUT2D eigenvalue weighted by Crippen LogP contribution is -2.31. The van der Waals surface area contributed by atoms with Crippen LogP contribution in [-0.2, 0) is 20.9 Å². The molecule has 34 heavy (non-hydrogen) atoms. The highest BCUT2D eigenvalue weighted by atomic mass is 16.5. The lowest BCUT2D eigenvalue weighted by molar-refractivity contribution is -0.140. The standard InChI is InChI=1S/C28H27NO5/c1-33-18-8-17-29-25(21-11-6-3-7-12-21)24(27(31)28(29)32)26(30)22-13-15-23(16-14-22)34-19-20-9-4-2-5-10-20/h2-7,9-16,25,30H,8,17-19H2,1H3/b26-24+. The third-order valence-corrected chi connectivity index (χ3v) is 5.78. The summed E-state index contributed by atoms with van der Waals surface area (Å²) in [4.78, 5) is 27.4. The molecule has 6 heteroatoms. The van der Waals surface area contributed by atoms with Gasteiger partial charge in [0.2, 0.25) is 0 Å². The molecule has 0 saturated carbocycles. The number of hydrogen-bond donors (Lipinski definition) is 1.